The zero-order chi connectivity index (χ0) is 12.8. The maximum Gasteiger partial charge on any atom is 0.116 e. The van der Waals surface area contributed by atoms with E-state index >= 15 is 0 Å². The summed E-state index contributed by atoms with van der Waals surface area (Å²) in [5.74, 6) is 0.753. The molecule has 18 heavy (non-hydrogen) atoms. The van der Waals surface area contributed by atoms with E-state index in [-0.39, 0.29) is 0 Å². The molecule has 0 aliphatic heterocycles. The Kier molecular flexibility index (Phi) is 2.50. The molecule has 0 atom stereocenters. The van der Waals surface area contributed by atoms with Crippen LogP contribution in [0.3, 0.4) is 0 Å². The average molecular weight is 245 g/mol. The molecule has 0 radical (unpaired) electrons. The average Bonchev–Trinajstić information content (AvgIpc) is 2.84. The van der Waals surface area contributed by atoms with Crippen molar-refractivity contribution in [3.63, 3.8) is 0 Å². The minimum atomic E-state index is 0.525. The highest BCUT2D eigenvalue weighted by atomic mass is 15.4. The highest BCUT2D eigenvalue weighted by Crippen LogP contribution is 2.45. The fourth-order valence-corrected chi connectivity index (χ4v) is 2.97. The zero-order valence-corrected chi connectivity index (χ0v) is 11.2. The van der Waals surface area contributed by atoms with Crippen LogP contribution in [0, 0.1) is 11.3 Å². The van der Waals surface area contributed by atoms with Crippen molar-refractivity contribution in [3.05, 3.63) is 18.6 Å². The summed E-state index contributed by atoms with van der Waals surface area (Å²) in [6.07, 6.45) is 8.37. The molecule has 0 aromatic carbocycles. The van der Waals surface area contributed by atoms with Crippen LogP contribution in [0.1, 0.15) is 26.7 Å². The summed E-state index contributed by atoms with van der Waals surface area (Å²) in [6, 6.07) is 0. The number of hydrogen-bond acceptors (Lipinski definition) is 3. The van der Waals surface area contributed by atoms with Crippen molar-refractivity contribution >= 4 is 0 Å². The Morgan fingerprint density at radius 2 is 2.11 bits per heavy atom. The van der Waals surface area contributed by atoms with Gasteiger partial charge in [0.1, 0.15) is 5.69 Å². The van der Waals surface area contributed by atoms with Crippen molar-refractivity contribution in [3.8, 4) is 11.3 Å². The molecule has 0 bridgehead atoms. The highest BCUT2D eigenvalue weighted by Gasteiger charge is 2.36. The molecule has 2 aromatic heterocycles. The van der Waals surface area contributed by atoms with Crippen molar-refractivity contribution in [2.24, 2.45) is 18.4 Å². The molecule has 5 heteroatoms. The molecule has 0 amide bonds. The second-order valence-corrected chi connectivity index (χ2v) is 6.17. The predicted octanol–water partition coefficient (Wildman–Crippen LogP) is 2.11. The first-order chi connectivity index (χ1) is 8.52. The summed E-state index contributed by atoms with van der Waals surface area (Å²) < 4.78 is 3.74. The van der Waals surface area contributed by atoms with Crippen molar-refractivity contribution in [2.45, 2.75) is 33.2 Å². The van der Waals surface area contributed by atoms with Gasteiger partial charge in [0.15, 0.2) is 0 Å². The first kappa shape index (κ1) is 11.4. The zero-order valence-electron chi connectivity index (χ0n) is 11.2. The normalized spacial score (nSPS) is 18.8. The van der Waals surface area contributed by atoms with Crippen LogP contribution < -0.4 is 0 Å². The molecule has 5 nitrogen and oxygen atoms in total. The molecule has 0 N–H and O–H groups in total. The van der Waals surface area contributed by atoms with Crippen LogP contribution in [0.25, 0.3) is 11.3 Å². The van der Waals surface area contributed by atoms with Crippen molar-refractivity contribution in [1.82, 2.24) is 24.8 Å². The molecule has 2 aromatic rings. The van der Waals surface area contributed by atoms with Crippen LogP contribution in [0.15, 0.2) is 18.6 Å². The maximum absolute atomic E-state index is 4.21. The summed E-state index contributed by atoms with van der Waals surface area (Å²) >= 11 is 0. The quantitative estimate of drug-likeness (QED) is 0.832. The van der Waals surface area contributed by atoms with E-state index in [1.54, 1.807) is 4.68 Å². The first-order valence-corrected chi connectivity index (χ1v) is 6.41. The van der Waals surface area contributed by atoms with Gasteiger partial charge in [-0.05, 0) is 24.2 Å². The molecule has 3 rings (SSSR count). The van der Waals surface area contributed by atoms with Gasteiger partial charge in [-0.25, -0.2) is 0 Å². The Hall–Kier alpha value is -1.65. The Bertz CT molecular complexity index is 543. The summed E-state index contributed by atoms with van der Waals surface area (Å²) in [5, 5.41) is 12.6. The van der Waals surface area contributed by atoms with Gasteiger partial charge >= 0.3 is 0 Å². The molecule has 1 fully saturated rings. The molecular weight excluding hydrogens is 226 g/mol. The van der Waals surface area contributed by atoms with E-state index in [9.17, 15) is 0 Å². The van der Waals surface area contributed by atoms with E-state index in [1.165, 1.54) is 12.8 Å². The van der Waals surface area contributed by atoms with Gasteiger partial charge in [0.2, 0.25) is 0 Å². The Labute approximate surface area is 107 Å². The lowest BCUT2D eigenvalue weighted by atomic mass is 9.64. The summed E-state index contributed by atoms with van der Waals surface area (Å²) in [4.78, 5) is 0. The molecule has 2 heterocycles. The number of aryl methyl sites for hydroxylation is 1. The minimum absolute atomic E-state index is 0.525. The first-order valence-electron chi connectivity index (χ1n) is 6.41. The Balaban J connectivity index is 1.67. The monoisotopic (exact) mass is 245 g/mol. The van der Waals surface area contributed by atoms with Gasteiger partial charge in [-0.1, -0.05) is 19.1 Å². The van der Waals surface area contributed by atoms with Crippen LogP contribution in [0.5, 0.6) is 0 Å². The van der Waals surface area contributed by atoms with E-state index in [0.717, 1.165) is 23.7 Å². The van der Waals surface area contributed by atoms with E-state index < -0.39 is 0 Å². The maximum atomic E-state index is 4.21. The van der Waals surface area contributed by atoms with Crippen LogP contribution in [0.2, 0.25) is 0 Å². The van der Waals surface area contributed by atoms with Crippen LogP contribution >= 0.6 is 0 Å². The minimum Gasteiger partial charge on any atom is -0.275 e. The predicted molar refractivity (Wildman–Crippen MR) is 68.7 cm³/mol. The Morgan fingerprint density at radius 1 is 1.33 bits per heavy atom. The largest absolute Gasteiger partial charge is 0.275 e. The molecule has 96 valence electrons. The standard InChI is InChI=1S/C13H19N5/c1-13(2)4-10(5-13)7-18-9-12(15-16-18)11-6-14-17(3)8-11/h6,8-10H,4-5,7H2,1-3H3. The van der Waals surface area contributed by atoms with E-state index in [0.29, 0.717) is 5.41 Å². The second-order valence-electron chi connectivity index (χ2n) is 6.17. The smallest absolute Gasteiger partial charge is 0.116 e. The van der Waals surface area contributed by atoms with Gasteiger partial charge in [0.05, 0.1) is 12.4 Å². The van der Waals surface area contributed by atoms with Crippen LogP contribution in [0.4, 0.5) is 0 Å². The van der Waals surface area contributed by atoms with Crippen LogP contribution in [-0.4, -0.2) is 24.8 Å². The van der Waals surface area contributed by atoms with E-state index in [4.69, 9.17) is 0 Å². The summed E-state index contributed by atoms with van der Waals surface area (Å²) in [7, 11) is 1.91. The van der Waals surface area contributed by atoms with Gasteiger partial charge in [-0.3, -0.25) is 9.36 Å². The Morgan fingerprint density at radius 3 is 2.72 bits per heavy atom. The highest BCUT2D eigenvalue weighted by molar-refractivity contribution is 5.54. The summed E-state index contributed by atoms with van der Waals surface area (Å²) in [6.45, 7) is 5.63. The molecule has 1 saturated carbocycles. The van der Waals surface area contributed by atoms with Crippen molar-refractivity contribution in [1.29, 1.82) is 0 Å². The molecule has 0 unspecified atom stereocenters. The summed E-state index contributed by atoms with van der Waals surface area (Å²) in [5.41, 5.74) is 2.46. The van der Waals surface area contributed by atoms with Gasteiger partial charge in [0, 0.05) is 25.4 Å². The lowest BCUT2D eigenvalue weighted by Gasteiger charge is -2.42. The molecule has 0 saturated heterocycles. The number of aromatic nitrogens is 5. The second kappa shape index (κ2) is 3.93. The lowest BCUT2D eigenvalue weighted by molar-refractivity contribution is 0.0795. The van der Waals surface area contributed by atoms with Gasteiger partial charge < -0.3 is 0 Å². The topological polar surface area (TPSA) is 48.5 Å². The third-order valence-corrected chi connectivity index (χ3v) is 3.67. The third kappa shape index (κ3) is 2.17. The molecular formula is C13H19N5. The fourth-order valence-electron chi connectivity index (χ4n) is 2.97. The number of nitrogens with zero attached hydrogens (tertiary/aromatic N) is 5. The lowest BCUT2D eigenvalue weighted by Crippen LogP contribution is -2.34. The SMILES string of the molecule is Cn1cc(-c2cn(CC3CC(C)(C)C3)nn2)cn1. The van der Waals surface area contributed by atoms with Gasteiger partial charge in [-0.2, -0.15) is 5.10 Å². The van der Waals surface area contributed by atoms with E-state index in [1.807, 2.05) is 30.3 Å². The van der Waals surface area contributed by atoms with Crippen LogP contribution in [-0.2, 0) is 13.6 Å². The molecule has 0 spiro atoms. The number of hydrogen-bond donors (Lipinski definition) is 0. The third-order valence-electron chi connectivity index (χ3n) is 3.67. The van der Waals surface area contributed by atoms with Crippen molar-refractivity contribution < 1.29 is 0 Å². The van der Waals surface area contributed by atoms with Gasteiger partial charge in [0.25, 0.3) is 0 Å². The molecule has 1 aliphatic carbocycles. The fraction of sp³-hybridized carbons (Fsp3) is 0.615. The number of rotatable bonds is 3. The van der Waals surface area contributed by atoms with Crippen molar-refractivity contribution in [2.75, 3.05) is 0 Å². The molecule has 1 aliphatic rings. The van der Waals surface area contributed by atoms with Gasteiger partial charge in [-0.15, -0.1) is 5.10 Å². The van der Waals surface area contributed by atoms with E-state index in [2.05, 4.69) is 29.3 Å².